The van der Waals surface area contributed by atoms with Crippen LogP contribution < -0.4 is 0 Å². The molecule has 0 aromatic carbocycles. The summed E-state index contributed by atoms with van der Waals surface area (Å²) in [4.78, 5) is 0. The van der Waals surface area contributed by atoms with Gasteiger partial charge in [0.25, 0.3) is 0 Å². The number of hydrogen-bond donors (Lipinski definition) is 3. The molecule has 0 aliphatic carbocycles. The normalized spacial score (nSPS) is 36.1. The number of aliphatic hydroxyl groups is 3. The molecule has 5 atom stereocenters. The van der Waals surface area contributed by atoms with Crippen LogP contribution in [0.25, 0.3) is 0 Å². The molecule has 5 nitrogen and oxygen atoms in total. The molecular weight excluding hydrogens is 296 g/mol. The van der Waals surface area contributed by atoms with Crippen LogP contribution in [-0.2, 0) is 9.16 Å². The van der Waals surface area contributed by atoms with E-state index in [4.69, 9.17) is 9.16 Å². The molecule has 3 N–H and O–H groups in total. The molecule has 1 aliphatic rings. The molecule has 0 saturated carbocycles. The van der Waals surface area contributed by atoms with Gasteiger partial charge in [-0.15, -0.1) is 11.8 Å². The van der Waals surface area contributed by atoms with E-state index >= 15 is 0 Å². The van der Waals surface area contributed by atoms with E-state index in [2.05, 4.69) is 33.9 Å². The summed E-state index contributed by atoms with van der Waals surface area (Å²) in [6.45, 7) is 10.9. The maximum Gasteiger partial charge on any atom is 0.192 e. The fraction of sp³-hybridized carbons (Fsp3) is 1.00. The zero-order valence-corrected chi connectivity index (χ0v) is 15.0. The highest BCUT2D eigenvalue weighted by Crippen LogP contribution is 2.37. The molecule has 1 fully saturated rings. The molecule has 1 rings (SSSR count). The van der Waals surface area contributed by atoms with Crippen molar-refractivity contribution < 1.29 is 24.5 Å². The van der Waals surface area contributed by atoms with Crippen molar-refractivity contribution >= 4 is 20.1 Å². The Balaban J connectivity index is 2.68. The second-order valence-electron chi connectivity index (χ2n) is 6.82. The smallest absolute Gasteiger partial charge is 0.192 e. The Kier molecular flexibility index (Phi) is 6.11. The Morgan fingerprint density at radius 2 is 1.65 bits per heavy atom. The van der Waals surface area contributed by atoms with E-state index in [9.17, 15) is 15.3 Å². The maximum absolute atomic E-state index is 10.0. The number of hydrogen-bond acceptors (Lipinski definition) is 6. The van der Waals surface area contributed by atoms with E-state index < -0.39 is 38.2 Å². The highest BCUT2D eigenvalue weighted by molar-refractivity contribution is 7.99. The lowest BCUT2D eigenvalue weighted by molar-refractivity contribution is -0.204. The van der Waals surface area contributed by atoms with Crippen LogP contribution in [0.4, 0.5) is 0 Å². The fourth-order valence-corrected chi connectivity index (χ4v) is 3.46. The molecule has 1 saturated heterocycles. The standard InChI is InChI=1S/C13H28O5SSi/c1-13(2,3)20(5,6)17-7-8-9(14)10(15)11(16)12(18-8)19-4/h8-12,14-16H,7H2,1-6H3/t8?,9?,10-,11-,12?/m0/s1. The lowest BCUT2D eigenvalue weighted by Gasteiger charge is -2.42. The van der Waals surface area contributed by atoms with E-state index in [1.165, 1.54) is 11.8 Å². The summed E-state index contributed by atoms with van der Waals surface area (Å²) in [6.07, 6.45) is -2.22. The lowest BCUT2D eigenvalue weighted by Crippen LogP contribution is -2.58. The molecular formula is C13H28O5SSi. The first-order valence-corrected chi connectivity index (χ1v) is 11.1. The summed E-state index contributed by atoms with van der Waals surface area (Å²) >= 11 is 1.31. The van der Waals surface area contributed by atoms with Crippen molar-refractivity contribution in [1.82, 2.24) is 0 Å². The van der Waals surface area contributed by atoms with Crippen molar-refractivity contribution in [1.29, 1.82) is 0 Å². The van der Waals surface area contributed by atoms with Gasteiger partial charge in [-0.1, -0.05) is 20.8 Å². The van der Waals surface area contributed by atoms with E-state index in [1.54, 1.807) is 6.26 Å². The Bertz CT molecular complexity index is 318. The Hall–Kier alpha value is 0.367. The van der Waals surface area contributed by atoms with Gasteiger partial charge in [-0.2, -0.15) is 0 Å². The molecule has 0 amide bonds. The molecule has 20 heavy (non-hydrogen) atoms. The summed E-state index contributed by atoms with van der Waals surface area (Å²) in [7, 11) is -1.93. The van der Waals surface area contributed by atoms with Crippen LogP contribution in [0.5, 0.6) is 0 Å². The molecule has 0 spiro atoms. The van der Waals surface area contributed by atoms with Gasteiger partial charge >= 0.3 is 0 Å². The molecule has 120 valence electrons. The van der Waals surface area contributed by atoms with E-state index in [-0.39, 0.29) is 11.6 Å². The zero-order chi connectivity index (χ0) is 15.7. The quantitative estimate of drug-likeness (QED) is 0.674. The number of ether oxygens (including phenoxy) is 1. The van der Waals surface area contributed by atoms with Crippen molar-refractivity contribution in [3.63, 3.8) is 0 Å². The third-order valence-electron chi connectivity index (χ3n) is 4.32. The van der Waals surface area contributed by atoms with E-state index in [0.717, 1.165) is 0 Å². The largest absolute Gasteiger partial charge is 0.414 e. The van der Waals surface area contributed by atoms with Crippen molar-refractivity contribution in [2.24, 2.45) is 0 Å². The first-order chi connectivity index (χ1) is 9.01. The molecule has 3 unspecified atom stereocenters. The predicted octanol–water partition coefficient (Wildman–Crippen LogP) is 1.18. The van der Waals surface area contributed by atoms with Gasteiger partial charge < -0.3 is 24.5 Å². The zero-order valence-electron chi connectivity index (χ0n) is 13.2. The second-order valence-corrected chi connectivity index (χ2v) is 12.6. The third-order valence-corrected chi connectivity index (χ3v) is 9.67. The van der Waals surface area contributed by atoms with Crippen molar-refractivity contribution in [3.8, 4) is 0 Å². The summed E-state index contributed by atoms with van der Waals surface area (Å²) in [5, 5.41) is 29.7. The SMILES string of the molecule is CSC1OC(CO[Si](C)(C)C(C)(C)C)C(O)[C@H](O)[C@@H]1O. The monoisotopic (exact) mass is 324 g/mol. The van der Waals surface area contributed by atoms with Gasteiger partial charge in [-0.3, -0.25) is 0 Å². The lowest BCUT2D eigenvalue weighted by atomic mass is 10.0. The number of aliphatic hydroxyl groups excluding tert-OH is 3. The van der Waals surface area contributed by atoms with E-state index in [0.29, 0.717) is 0 Å². The van der Waals surface area contributed by atoms with E-state index in [1.807, 2.05) is 0 Å². The summed E-state index contributed by atoms with van der Waals surface area (Å²) in [5.41, 5.74) is -0.540. The van der Waals surface area contributed by atoms with Crippen LogP contribution >= 0.6 is 11.8 Å². The second kappa shape index (κ2) is 6.64. The highest BCUT2D eigenvalue weighted by atomic mass is 32.2. The van der Waals surface area contributed by atoms with Gasteiger partial charge in [0.1, 0.15) is 29.9 Å². The minimum absolute atomic E-state index is 0.0731. The molecule has 0 aromatic rings. The van der Waals surface area contributed by atoms with Gasteiger partial charge in [0.2, 0.25) is 0 Å². The molecule has 0 aromatic heterocycles. The van der Waals surface area contributed by atoms with Gasteiger partial charge in [0.15, 0.2) is 8.32 Å². The maximum atomic E-state index is 10.0. The first kappa shape index (κ1) is 18.4. The Labute approximate surface area is 126 Å². The predicted molar refractivity (Wildman–Crippen MR) is 83.3 cm³/mol. The summed E-state index contributed by atoms with van der Waals surface area (Å²) < 4.78 is 11.7. The third kappa shape index (κ3) is 3.97. The summed E-state index contributed by atoms with van der Waals surface area (Å²) in [6, 6.07) is 0. The highest BCUT2D eigenvalue weighted by Gasteiger charge is 2.45. The summed E-state index contributed by atoms with van der Waals surface area (Å²) in [5.74, 6) is 0. The molecule has 0 radical (unpaired) electrons. The van der Waals surface area contributed by atoms with Gasteiger partial charge in [-0.05, 0) is 24.4 Å². The van der Waals surface area contributed by atoms with Crippen molar-refractivity contribution in [3.05, 3.63) is 0 Å². The van der Waals surface area contributed by atoms with Crippen LogP contribution in [-0.4, -0.2) is 66.4 Å². The van der Waals surface area contributed by atoms with Crippen LogP contribution in [0.3, 0.4) is 0 Å². The molecule has 1 heterocycles. The number of thioether (sulfide) groups is 1. The van der Waals surface area contributed by atoms with Crippen molar-refractivity contribution in [2.45, 2.75) is 68.8 Å². The van der Waals surface area contributed by atoms with Crippen LogP contribution in [0.2, 0.25) is 18.1 Å². The average molecular weight is 325 g/mol. The molecule has 7 heteroatoms. The van der Waals surface area contributed by atoms with Crippen LogP contribution in [0, 0.1) is 0 Å². The minimum Gasteiger partial charge on any atom is -0.414 e. The van der Waals surface area contributed by atoms with Crippen molar-refractivity contribution in [2.75, 3.05) is 12.9 Å². The van der Waals surface area contributed by atoms with Gasteiger partial charge in [-0.25, -0.2) is 0 Å². The first-order valence-electron chi connectivity index (χ1n) is 6.87. The van der Waals surface area contributed by atoms with Gasteiger partial charge in [0, 0.05) is 0 Å². The van der Waals surface area contributed by atoms with Crippen LogP contribution in [0.15, 0.2) is 0 Å². The average Bonchev–Trinajstić information content (AvgIpc) is 2.34. The molecule has 1 aliphatic heterocycles. The minimum atomic E-state index is -1.93. The molecule has 0 bridgehead atoms. The van der Waals surface area contributed by atoms with Crippen LogP contribution in [0.1, 0.15) is 20.8 Å². The fourth-order valence-electron chi connectivity index (χ4n) is 1.76. The Morgan fingerprint density at radius 3 is 2.10 bits per heavy atom. The topological polar surface area (TPSA) is 79.2 Å². The number of rotatable bonds is 4. The van der Waals surface area contributed by atoms with Gasteiger partial charge in [0.05, 0.1) is 6.61 Å². The Morgan fingerprint density at radius 1 is 1.10 bits per heavy atom.